The Morgan fingerprint density at radius 3 is 2.63 bits per heavy atom. The molecule has 10 heteroatoms. The van der Waals surface area contributed by atoms with Gasteiger partial charge in [0.15, 0.2) is 15.0 Å². The molecule has 7 nitrogen and oxygen atoms in total. The Kier molecular flexibility index (Phi) is 6.98. The minimum Gasteiger partial charge on any atom is -0.338 e. The van der Waals surface area contributed by atoms with Crippen molar-refractivity contribution in [2.24, 2.45) is 5.92 Å². The summed E-state index contributed by atoms with van der Waals surface area (Å²) in [4.78, 5) is 34.2. The average Bonchev–Trinajstić information content (AvgIpc) is 3.16. The van der Waals surface area contributed by atoms with Crippen molar-refractivity contribution in [3.05, 3.63) is 20.8 Å². The molecule has 0 saturated carbocycles. The van der Waals surface area contributed by atoms with E-state index in [2.05, 4.69) is 4.98 Å². The zero-order chi connectivity index (χ0) is 22.2. The van der Waals surface area contributed by atoms with Crippen LogP contribution in [0.1, 0.15) is 37.6 Å². The highest BCUT2D eigenvalue weighted by atomic mass is 32.2. The van der Waals surface area contributed by atoms with Gasteiger partial charge in [0, 0.05) is 24.0 Å². The number of hydrogen-bond acceptors (Lipinski definition) is 7. The van der Waals surface area contributed by atoms with E-state index >= 15 is 0 Å². The molecule has 0 bridgehead atoms. The molecule has 0 spiro atoms. The minimum atomic E-state index is -3.08. The summed E-state index contributed by atoms with van der Waals surface area (Å²) in [5.74, 6) is 0.435. The van der Waals surface area contributed by atoms with Crippen LogP contribution in [0.5, 0.6) is 0 Å². The second-order valence-electron chi connectivity index (χ2n) is 8.19. The lowest BCUT2D eigenvalue weighted by molar-refractivity contribution is -0.130. The summed E-state index contributed by atoms with van der Waals surface area (Å²) in [6.45, 7) is 10.8. The average molecular weight is 472 g/mol. The number of amides is 1. The lowest BCUT2D eigenvalue weighted by Crippen LogP contribution is -2.44. The summed E-state index contributed by atoms with van der Waals surface area (Å²) < 4.78 is 25.5. The fourth-order valence-corrected chi connectivity index (χ4v) is 7.53. The molecule has 1 saturated heterocycles. The van der Waals surface area contributed by atoms with Crippen LogP contribution in [0.4, 0.5) is 0 Å². The van der Waals surface area contributed by atoms with E-state index in [1.54, 1.807) is 9.47 Å². The number of thiophene rings is 1. The molecular formula is C20H29N3O4S3. The van der Waals surface area contributed by atoms with E-state index in [1.165, 1.54) is 23.1 Å². The molecule has 0 N–H and O–H groups in total. The molecule has 1 aliphatic heterocycles. The molecular weight excluding hydrogens is 442 g/mol. The Morgan fingerprint density at radius 1 is 1.37 bits per heavy atom. The van der Waals surface area contributed by atoms with Gasteiger partial charge in [0.05, 0.1) is 22.6 Å². The number of aryl methyl sites for hydroxylation is 2. The van der Waals surface area contributed by atoms with Gasteiger partial charge in [0.2, 0.25) is 5.91 Å². The second-order valence-corrected chi connectivity index (χ2v) is 12.6. The number of hydrogen-bond donors (Lipinski definition) is 0. The van der Waals surface area contributed by atoms with Crippen molar-refractivity contribution >= 4 is 49.1 Å². The van der Waals surface area contributed by atoms with Crippen LogP contribution in [0, 0.1) is 19.8 Å². The summed E-state index contributed by atoms with van der Waals surface area (Å²) >= 11 is 2.75. The van der Waals surface area contributed by atoms with Crippen LogP contribution < -0.4 is 5.56 Å². The van der Waals surface area contributed by atoms with Crippen molar-refractivity contribution in [3.8, 4) is 0 Å². The first kappa shape index (κ1) is 23.3. The number of nitrogens with zero attached hydrogens (tertiary/aromatic N) is 3. The molecule has 2 aromatic rings. The summed E-state index contributed by atoms with van der Waals surface area (Å²) in [5.41, 5.74) is 0.896. The van der Waals surface area contributed by atoms with Gasteiger partial charge in [-0.3, -0.25) is 14.2 Å². The van der Waals surface area contributed by atoms with Crippen LogP contribution in [0.25, 0.3) is 10.2 Å². The minimum absolute atomic E-state index is 0.0355. The zero-order valence-corrected chi connectivity index (χ0v) is 20.5. The van der Waals surface area contributed by atoms with Crippen molar-refractivity contribution in [2.75, 3.05) is 23.8 Å². The van der Waals surface area contributed by atoms with Crippen LogP contribution in [0.15, 0.2) is 9.95 Å². The smallest absolute Gasteiger partial charge is 0.263 e. The molecule has 1 fully saturated rings. The first-order valence-corrected chi connectivity index (χ1v) is 13.8. The number of carbonyl (C=O) groups excluding carboxylic acids is 1. The molecule has 0 aliphatic carbocycles. The van der Waals surface area contributed by atoms with E-state index in [0.29, 0.717) is 34.9 Å². The molecule has 1 amide bonds. The molecule has 3 rings (SSSR count). The number of carbonyl (C=O) groups is 1. The highest BCUT2D eigenvalue weighted by Crippen LogP contribution is 2.29. The van der Waals surface area contributed by atoms with Gasteiger partial charge in [0.25, 0.3) is 5.56 Å². The quantitative estimate of drug-likeness (QED) is 0.456. The summed E-state index contributed by atoms with van der Waals surface area (Å²) in [6.07, 6.45) is 0.489. The molecule has 2 aromatic heterocycles. The van der Waals surface area contributed by atoms with E-state index in [0.717, 1.165) is 10.4 Å². The lowest BCUT2D eigenvalue weighted by Gasteiger charge is -2.30. The SMILES string of the molecule is CCn1c(SCC(=O)N(CC(C)C)C2CCS(=O)(=O)C2)nc2sc(C)c(C)c2c1=O. The maximum atomic E-state index is 13.1. The molecule has 166 valence electrons. The molecule has 3 heterocycles. The van der Waals surface area contributed by atoms with Crippen molar-refractivity contribution in [3.63, 3.8) is 0 Å². The second kappa shape index (κ2) is 9.00. The Labute approximate surface area is 185 Å². The van der Waals surface area contributed by atoms with Gasteiger partial charge in [0.1, 0.15) is 4.83 Å². The third kappa shape index (κ3) is 4.75. The first-order valence-electron chi connectivity index (χ1n) is 10.2. The topological polar surface area (TPSA) is 89.3 Å². The zero-order valence-electron chi connectivity index (χ0n) is 18.1. The van der Waals surface area contributed by atoms with Crippen molar-refractivity contribution in [1.82, 2.24) is 14.5 Å². The van der Waals surface area contributed by atoms with E-state index in [-0.39, 0.29) is 40.7 Å². The Morgan fingerprint density at radius 2 is 2.07 bits per heavy atom. The summed E-state index contributed by atoms with van der Waals surface area (Å²) in [7, 11) is -3.08. The third-order valence-corrected chi connectivity index (χ3v) is 9.24. The van der Waals surface area contributed by atoms with E-state index < -0.39 is 9.84 Å². The van der Waals surface area contributed by atoms with E-state index in [9.17, 15) is 18.0 Å². The normalized spacial score (nSPS) is 18.4. The van der Waals surface area contributed by atoms with Gasteiger partial charge in [-0.05, 0) is 38.7 Å². The molecule has 1 unspecified atom stereocenters. The molecule has 1 atom stereocenters. The predicted molar refractivity (Wildman–Crippen MR) is 123 cm³/mol. The van der Waals surface area contributed by atoms with Crippen molar-refractivity contribution < 1.29 is 13.2 Å². The third-order valence-electron chi connectivity index (χ3n) is 5.43. The first-order chi connectivity index (χ1) is 14.0. The lowest BCUT2D eigenvalue weighted by atomic mass is 10.1. The van der Waals surface area contributed by atoms with Gasteiger partial charge < -0.3 is 4.90 Å². The van der Waals surface area contributed by atoms with Gasteiger partial charge >= 0.3 is 0 Å². The Balaban J connectivity index is 1.84. The monoisotopic (exact) mass is 471 g/mol. The summed E-state index contributed by atoms with van der Waals surface area (Å²) in [5, 5.41) is 1.20. The highest BCUT2D eigenvalue weighted by Gasteiger charge is 2.35. The number of aromatic nitrogens is 2. The highest BCUT2D eigenvalue weighted by molar-refractivity contribution is 7.99. The largest absolute Gasteiger partial charge is 0.338 e. The number of thioether (sulfide) groups is 1. The molecule has 0 aromatic carbocycles. The Hall–Kier alpha value is -1.39. The number of sulfone groups is 1. The van der Waals surface area contributed by atoms with Crippen molar-refractivity contribution in [2.45, 2.75) is 58.8 Å². The van der Waals surface area contributed by atoms with Gasteiger partial charge in [-0.15, -0.1) is 11.3 Å². The van der Waals surface area contributed by atoms with Crippen LogP contribution >= 0.6 is 23.1 Å². The van der Waals surface area contributed by atoms with Gasteiger partial charge in [-0.25, -0.2) is 13.4 Å². The van der Waals surface area contributed by atoms with Crippen molar-refractivity contribution in [1.29, 1.82) is 0 Å². The fraction of sp³-hybridized carbons (Fsp3) is 0.650. The standard InChI is InChI=1S/C20H29N3O4S3/c1-6-22-19(25)17-13(4)14(5)29-18(17)21-20(22)28-10-16(24)23(9-12(2)3)15-7-8-30(26,27)11-15/h12,15H,6-11H2,1-5H3. The maximum absolute atomic E-state index is 13.1. The summed E-state index contributed by atoms with van der Waals surface area (Å²) in [6, 6.07) is -0.267. The predicted octanol–water partition coefficient (Wildman–Crippen LogP) is 2.86. The molecule has 1 aliphatic rings. The fourth-order valence-electron chi connectivity index (χ4n) is 3.78. The Bertz CT molecular complexity index is 1120. The number of rotatable bonds is 7. The van der Waals surface area contributed by atoms with Gasteiger partial charge in [-0.1, -0.05) is 25.6 Å². The molecule has 30 heavy (non-hydrogen) atoms. The van der Waals surface area contributed by atoms with Crippen LogP contribution in [-0.2, 0) is 21.2 Å². The van der Waals surface area contributed by atoms with E-state index in [1.807, 2.05) is 34.6 Å². The van der Waals surface area contributed by atoms with Crippen LogP contribution in [0.3, 0.4) is 0 Å². The van der Waals surface area contributed by atoms with Crippen LogP contribution in [-0.4, -0.2) is 58.6 Å². The van der Waals surface area contributed by atoms with E-state index in [4.69, 9.17) is 0 Å². The maximum Gasteiger partial charge on any atom is 0.263 e. The number of fused-ring (bicyclic) bond motifs is 1. The van der Waals surface area contributed by atoms with Crippen LogP contribution in [0.2, 0.25) is 0 Å². The molecule has 0 radical (unpaired) electrons. The van der Waals surface area contributed by atoms with Gasteiger partial charge in [-0.2, -0.15) is 0 Å².